The molecule has 0 spiro atoms. The molecule has 2 heterocycles. The molecule has 0 radical (unpaired) electrons. The van der Waals surface area contributed by atoms with Gasteiger partial charge in [0.25, 0.3) is 5.56 Å². The molecule has 2 rings (SSSR count). The zero-order valence-electron chi connectivity index (χ0n) is 21.5. The number of H-pyrrole nitrogens is 1. The molecule has 1 unspecified atom stereocenters. The molecule has 1 aromatic heterocycles. The molecule has 0 bridgehead atoms. The third-order valence-corrected chi connectivity index (χ3v) is 6.64. The highest BCUT2D eigenvalue weighted by atomic mass is 16.7. The van der Waals surface area contributed by atoms with Crippen LogP contribution in [0.5, 0.6) is 0 Å². The summed E-state index contributed by atoms with van der Waals surface area (Å²) in [5.74, 6) is 0. The van der Waals surface area contributed by atoms with E-state index in [-0.39, 0.29) is 0 Å². The fraction of sp³-hybridized carbons (Fsp3) is 0.741. The summed E-state index contributed by atoms with van der Waals surface area (Å²) in [6.45, 7) is 3.86. The van der Waals surface area contributed by atoms with E-state index in [1.165, 1.54) is 81.4 Å². The van der Waals surface area contributed by atoms with E-state index >= 15 is 0 Å². The summed E-state index contributed by atoms with van der Waals surface area (Å²) in [4.78, 5) is 37.2. The number of ether oxygens (including phenoxy) is 2. The minimum Gasteiger partial charge on any atom is -0.450 e. The van der Waals surface area contributed by atoms with Crippen molar-refractivity contribution in [2.75, 3.05) is 0 Å². The van der Waals surface area contributed by atoms with Crippen molar-refractivity contribution < 1.29 is 19.4 Å². The number of carboxylic acid groups (broad SMARTS) is 1. The van der Waals surface area contributed by atoms with Crippen LogP contribution < -0.4 is 11.2 Å². The molecule has 2 N–H and O–H groups in total. The maximum atomic E-state index is 12.1. The van der Waals surface area contributed by atoms with Crippen LogP contribution in [0.3, 0.4) is 0 Å². The lowest BCUT2D eigenvalue weighted by atomic mass is 10.0. The van der Waals surface area contributed by atoms with E-state index in [1.807, 2.05) is 0 Å². The van der Waals surface area contributed by atoms with Gasteiger partial charge in [-0.25, -0.2) is 9.59 Å². The van der Waals surface area contributed by atoms with E-state index in [0.717, 1.165) is 19.3 Å². The van der Waals surface area contributed by atoms with Crippen molar-refractivity contribution in [2.24, 2.45) is 0 Å². The first-order chi connectivity index (χ1) is 16.9. The van der Waals surface area contributed by atoms with Gasteiger partial charge in [-0.05, 0) is 25.8 Å². The Morgan fingerprint density at radius 2 is 1.51 bits per heavy atom. The van der Waals surface area contributed by atoms with E-state index in [4.69, 9.17) is 14.6 Å². The van der Waals surface area contributed by atoms with Crippen LogP contribution in [0, 0.1) is 6.92 Å². The SMILES string of the molecule is CCCCCCCCCCCCCCCCC(OC(=O)O)[C@@H]1C=C[C@H](n2cc(C)c(=O)[nH]c2=O)O1. The molecule has 0 amide bonds. The fourth-order valence-corrected chi connectivity index (χ4v) is 4.56. The molecular formula is C27H44N2O6. The lowest BCUT2D eigenvalue weighted by Gasteiger charge is -2.23. The second-order valence-corrected chi connectivity index (χ2v) is 9.66. The first kappa shape index (κ1) is 28.9. The quantitative estimate of drug-likeness (QED) is 0.143. The van der Waals surface area contributed by atoms with Crippen LogP contribution in [0.4, 0.5) is 4.79 Å². The molecule has 0 aliphatic carbocycles. The number of hydrogen-bond donors (Lipinski definition) is 2. The predicted molar refractivity (Wildman–Crippen MR) is 137 cm³/mol. The van der Waals surface area contributed by atoms with Crippen LogP contribution in [-0.4, -0.2) is 33.0 Å². The minimum atomic E-state index is -1.34. The Hall–Kier alpha value is -2.35. The van der Waals surface area contributed by atoms with E-state index in [1.54, 1.807) is 19.1 Å². The summed E-state index contributed by atoms with van der Waals surface area (Å²) < 4.78 is 12.3. The molecule has 1 aromatic rings. The molecule has 35 heavy (non-hydrogen) atoms. The summed E-state index contributed by atoms with van der Waals surface area (Å²) in [7, 11) is 0. The van der Waals surface area contributed by atoms with Crippen LogP contribution in [-0.2, 0) is 9.47 Å². The van der Waals surface area contributed by atoms with Gasteiger partial charge in [0, 0.05) is 11.8 Å². The second kappa shape index (κ2) is 16.3. The van der Waals surface area contributed by atoms with Crippen molar-refractivity contribution in [3.8, 4) is 0 Å². The Morgan fingerprint density at radius 1 is 0.971 bits per heavy atom. The van der Waals surface area contributed by atoms with E-state index in [9.17, 15) is 14.4 Å². The second-order valence-electron chi connectivity index (χ2n) is 9.66. The molecule has 8 nitrogen and oxygen atoms in total. The van der Waals surface area contributed by atoms with Gasteiger partial charge in [0.15, 0.2) is 6.23 Å². The van der Waals surface area contributed by atoms with Crippen LogP contribution in [0.25, 0.3) is 0 Å². The number of unbranched alkanes of at least 4 members (excludes halogenated alkanes) is 13. The van der Waals surface area contributed by atoms with Gasteiger partial charge < -0.3 is 14.6 Å². The number of nitrogens with one attached hydrogen (secondary N) is 1. The summed E-state index contributed by atoms with van der Waals surface area (Å²) in [6, 6.07) is 0. The molecule has 0 aromatic carbocycles. The van der Waals surface area contributed by atoms with Gasteiger partial charge in [-0.3, -0.25) is 14.3 Å². The van der Waals surface area contributed by atoms with Gasteiger partial charge in [0.1, 0.15) is 12.2 Å². The van der Waals surface area contributed by atoms with Crippen molar-refractivity contribution >= 4 is 6.16 Å². The highest BCUT2D eigenvalue weighted by Gasteiger charge is 2.31. The van der Waals surface area contributed by atoms with Crippen molar-refractivity contribution in [3.63, 3.8) is 0 Å². The van der Waals surface area contributed by atoms with E-state index < -0.39 is 35.8 Å². The molecule has 0 saturated heterocycles. The van der Waals surface area contributed by atoms with Crippen LogP contribution in [0.15, 0.2) is 27.9 Å². The average molecular weight is 493 g/mol. The molecule has 198 valence electrons. The average Bonchev–Trinajstić information content (AvgIpc) is 3.30. The standard InChI is InChI=1S/C27H44N2O6/c1-3-4-5-6-7-8-9-10-11-12-13-14-15-16-17-22(35-27(32)33)23-18-19-24(34-23)29-20-21(2)25(30)28-26(29)31/h18-20,22-24H,3-17H2,1-2H3,(H,32,33)(H,28,30,31)/t22?,23-,24+/m0/s1. The number of nitrogens with zero attached hydrogens (tertiary/aromatic N) is 1. The molecule has 1 aliphatic rings. The highest BCUT2D eigenvalue weighted by Crippen LogP contribution is 2.26. The Labute approximate surface area is 208 Å². The van der Waals surface area contributed by atoms with Crippen LogP contribution >= 0.6 is 0 Å². The van der Waals surface area contributed by atoms with E-state index in [2.05, 4.69) is 11.9 Å². The number of aromatic nitrogens is 2. The van der Waals surface area contributed by atoms with Crippen LogP contribution in [0.1, 0.15) is 115 Å². The largest absolute Gasteiger partial charge is 0.506 e. The van der Waals surface area contributed by atoms with Gasteiger partial charge in [-0.1, -0.05) is 96.5 Å². The highest BCUT2D eigenvalue weighted by molar-refractivity contribution is 5.57. The maximum absolute atomic E-state index is 12.1. The molecular weight excluding hydrogens is 448 g/mol. The van der Waals surface area contributed by atoms with Gasteiger partial charge >= 0.3 is 11.8 Å². The van der Waals surface area contributed by atoms with Crippen molar-refractivity contribution in [3.05, 3.63) is 44.8 Å². The fourth-order valence-electron chi connectivity index (χ4n) is 4.56. The summed E-state index contributed by atoms with van der Waals surface area (Å²) >= 11 is 0. The molecule has 8 heteroatoms. The smallest absolute Gasteiger partial charge is 0.450 e. The summed E-state index contributed by atoms with van der Waals surface area (Å²) in [5, 5.41) is 9.16. The summed E-state index contributed by atoms with van der Waals surface area (Å²) in [6.07, 6.45) is 19.8. The topological polar surface area (TPSA) is 111 Å². The lowest BCUT2D eigenvalue weighted by molar-refractivity contribution is -0.0653. The molecule has 3 atom stereocenters. The van der Waals surface area contributed by atoms with Crippen molar-refractivity contribution in [1.82, 2.24) is 9.55 Å². The maximum Gasteiger partial charge on any atom is 0.506 e. The number of aryl methyl sites for hydroxylation is 1. The Bertz CT molecular complexity index is 890. The normalized spacial score (nSPS) is 18.1. The van der Waals surface area contributed by atoms with E-state index in [0.29, 0.717) is 12.0 Å². The summed E-state index contributed by atoms with van der Waals surface area (Å²) in [5.41, 5.74) is -0.612. The number of carbonyl (C=O) groups is 1. The third kappa shape index (κ3) is 10.8. The minimum absolute atomic E-state index is 0.394. The predicted octanol–water partition coefficient (Wildman–Crippen LogP) is 6.23. The van der Waals surface area contributed by atoms with Crippen molar-refractivity contribution in [2.45, 2.75) is 129 Å². The zero-order chi connectivity index (χ0) is 25.5. The van der Waals surface area contributed by atoms with Crippen LogP contribution in [0.2, 0.25) is 0 Å². The van der Waals surface area contributed by atoms with Gasteiger partial charge in [0.05, 0.1) is 0 Å². The van der Waals surface area contributed by atoms with Gasteiger partial charge in [-0.15, -0.1) is 0 Å². The number of aromatic amines is 1. The Kier molecular flexibility index (Phi) is 13.5. The van der Waals surface area contributed by atoms with Crippen molar-refractivity contribution in [1.29, 1.82) is 0 Å². The Morgan fingerprint density at radius 3 is 2.06 bits per heavy atom. The third-order valence-electron chi connectivity index (χ3n) is 6.64. The molecule has 1 aliphatic heterocycles. The van der Waals surface area contributed by atoms with Gasteiger partial charge in [-0.2, -0.15) is 0 Å². The lowest BCUT2D eigenvalue weighted by Crippen LogP contribution is -2.35. The number of hydrogen-bond acceptors (Lipinski definition) is 5. The first-order valence-electron chi connectivity index (χ1n) is 13.5. The molecule has 0 saturated carbocycles. The first-order valence-corrected chi connectivity index (χ1v) is 13.5. The monoisotopic (exact) mass is 492 g/mol. The van der Waals surface area contributed by atoms with Gasteiger partial charge in [0.2, 0.25) is 0 Å². The molecule has 0 fully saturated rings. The number of rotatable bonds is 18. The zero-order valence-corrected chi connectivity index (χ0v) is 21.5. The Balaban J connectivity index is 1.63.